The van der Waals surface area contributed by atoms with Crippen LogP contribution in [0, 0.1) is 5.92 Å². The number of rotatable bonds is 0. The second kappa shape index (κ2) is 5.21. The first-order chi connectivity index (χ1) is 4.79. The smallest absolute Gasteiger partial charge is 0.155 e. The van der Waals surface area contributed by atoms with E-state index in [9.17, 15) is 4.79 Å². The zero-order valence-corrected chi connectivity index (χ0v) is 7.05. The molecule has 0 aromatic carbocycles. The summed E-state index contributed by atoms with van der Waals surface area (Å²) in [5.41, 5.74) is 0. The molecule has 0 saturated heterocycles. The lowest BCUT2D eigenvalue weighted by Gasteiger charge is -2.08. The van der Waals surface area contributed by atoms with Crippen LogP contribution in [0.25, 0.3) is 0 Å². The maximum atomic E-state index is 10.6. The lowest BCUT2D eigenvalue weighted by atomic mass is 9.96. The quantitative estimate of drug-likeness (QED) is 0.505. The maximum Gasteiger partial charge on any atom is 0.155 e. The van der Waals surface area contributed by atoms with E-state index in [1.165, 1.54) is 0 Å². The van der Waals surface area contributed by atoms with Crippen molar-refractivity contribution in [3.63, 3.8) is 0 Å². The van der Waals surface area contributed by atoms with E-state index in [2.05, 4.69) is 6.92 Å². The standard InChI is InChI=1S/C7H10O.C2H6/c1-6-3-2-4-7(8)5-6;1-2/h2,4,6H,3,5H2,1H3;1-2H3. The van der Waals surface area contributed by atoms with Gasteiger partial charge in [-0.05, 0) is 18.4 Å². The summed E-state index contributed by atoms with van der Waals surface area (Å²) < 4.78 is 0. The number of allylic oxidation sites excluding steroid dienone is 2. The zero-order chi connectivity index (χ0) is 7.98. The molecule has 1 unspecified atom stereocenters. The van der Waals surface area contributed by atoms with Crippen LogP contribution in [0.5, 0.6) is 0 Å². The van der Waals surface area contributed by atoms with Crippen molar-refractivity contribution in [3.8, 4) is 0 Å². The van der Waals surface area contributed by atoms with Crippen molar-refractivity contribution in [3.05, 3.63) is 12.2 Å². The van der Waals surface area contributed by atoms with Gasteiger partial charge in [0.15, 0.2) is 5.78 Å². The molecule has 1 aliphatic carbocycles. The molecule has 0 heterocycles. The second-order valence-electron chi connectivity index (χ2n) is 2.41. The first-order valence-corrected chi connectivity index (χ1v) is 3.98. The SMILES string of the molecule is CC.CC1CC=CC(=O)C1. The minimum absolute atomic E-state index is 0.281. The van der Waals surface area contributed by atoms with Crippen molar-refractivity contribution in [2.24, 2.45) is 5.92 Å². The third-order valence-electron chi connectivity index (χ3n) is 1.39. The summed E-state index contributed by atoms with van der Waals surface area (Å²) in [5, 5.41) is 0. The molecule has 58 valence electrons. The topological polar surface area (TPSA) is 17.1 Å². The van der Waals surface area contributed by atoms with Gasteiger partial charge in [0.1, 0.15) is 0 Å². The monoisotopic (exact) mass is 140 g/mol. The van der Waals surface area contributed by atoms with Crippen molar-refractivity contribution >= 4 is 5.78 Å². The van der Waals surface area contributed by atoms with E-state index < -0.39 is 0 Å². The van der Waals surface area contributed by atoms with Crippen LogP contribution in [-0.2, 0) is 4.79 Å². The summed E-state index contributed by atoms with van der Waals surface area (Å²) in [4.78, 5) is 10.6. The molecule has 1 heteroatoms. The fourth-order valence-corrected chi connectivity index (χ4v) is 0.927. The lowest BCUT2D eigenvalue weighted by Crippen LogP contribution is -2.05. The largest absolute Gasteiger partial charge is 0.295 e. The maximum absolute atomic E-state index is 10.6. The molecular formula is C9H16O. The van der Waals surface area contributed by atoms with Crippen LogP contribution in [0.3, 0.4) is 0 Å². The number of carbonyl (C=O) groups is 1. The van der Waals surface area contributed by atoms with Crippen molar-refractivity contribution in [1.82, 2.24) is 0 Å². The number of carbonyl (C=O) groups excluding carboxylic acids is 1. The highest BCUT2D eigenvalue weighted by Crippen LogP contribution is 2.13. The number of hydrogen-bond donors (Lipinski definition) is 0. The van der Waals surface area contributed by atoms with Crippen molar-refractivity contribution in [2.45, 2.75) is 33.6 Å². The van der Waals surface area contributed by atoms with Gasteiger partial charge in [0.05, 0.1) is 0 Å². The Bertz CT molecular complexity index is 125. The van der Waals surface area contributed by atoms with Crippen LogP contribution < -0.4 is 0 Å². The van der Waals surface area contributed by atoms with Gasteiger partial charge in [0, 0.05) is 6.42 Å². The normalized spacial score (nSPS) is 23.5. The number of ketones is 1. The van der Waals surface area contributed by atoms with Gasteiger partial charge in [-0.1, -0.05) is 26.8 Å². The molecule has 0 aliphatic heterocycles. The van der Waals surface area contributed by atoms with E-state index in [1.54, 1.807) is 6.08 Å². The highest BCUT2D eigenvalue weighted by atomic mass is 16.1. The third kappa shape index (κ3) is 3.44. The average molecular weight is 140 g/mol. The molecule has 0 amide bonds. The summed E-state index contributed by atoms with van der Waals surface area (Å²) in [6, 6.07) is 0. The first kappa shape index (κ1) is 9.41. The summed E-state index contributed by atoms with van der Waals surface area (Å²) in [6.07, 6.45) is 5.46. The van der Waals surface area contributed by atoms with Crippen LogP contribution in [0.2, 0.25) is 0 Å². The van der Waals surface area contributed by atoms with E-state index in [0.29, 0.717) is 5.92 Å². The Labute approximate surface area is 63.1 Å². The molecule has 0 fully saturated rings. The Balaban J connectivity index is 0.000000371. The highest BCUT2D eigenvalue weighted by molar-refractivity contribution is 5.90. The Morgan fingerprint density at radius 1 is 1.50 bits per heavy atom. The van der Waals surface area contributed by atoms with Gasteiger partial charge in [-0.15, -0.1) is 0 Å². The van der Waals surface area contributed by atoms with Gasteiger partial charge in [-0.25, -0.2) is 0 Å². The van der Waals surface area contributed by atoms with Gasteiger partial charge >= 0.3 is 0 Å². The van der Waals surface area contributed by atoms with Gasteiger partial charge < -0.3 is 0 Å². The van der Waals surface area contributed by atoms with E-state index in [4.69, 9.17) is 0 Å². The zero-order valence-electron chi connectivity index (χ0n) is 7.05. The molecule has 0 radical (unpaired) electrons. The molecule has 0 N–H and O–H groups in total. The minimum Gasteiger partial charge on any atom is -0.295 e. The van der Waals surface area contributed by atoms with Crippen LogP contribution in [-0.4, -0.2) is 5.78 Å². The molecule has 1 nitrogen and oxygen atoms in total. The minimum atomic E-state index is 0.281. The molecule has 0 aromatic rings. The van der Waals surface area contributed by atoms with Gasteiger partial charge in [0.25, 0.3) is 0 Å². The van der Waals surface area contributed by atoms with Gasteiger partial charge in [0.2, 0.25) is 0 Å². The van der Waals surface area contributed by atoms with E-state index in [0.717, 1.165) is 12.8 Å². The van der Waals surface area contributed by atoms with Crippen molar-refractivity contribution < 1.29 is 4.79 Å². The van der Waals surface area contributed by atoms with Crippen LogP contribution in [0.4, 0.5) is 0 Å². The average Bonchev–Trinajstić information content (AvgIpc) is 1.91. The summed E-state index contributed by atoms with van der Waals surface area (Å²) in [5.74, 6) is 0.858. The van der Waals surface area contributed by atoms with Gasteiger partial charge in [-0.2, -0.15) is 0 Å². The predicted octanol–water partition coefficient (Wildman–Crippen LogP) is 2.57. The Morgan fingerprint density at radius 3 is 2.40 bits per heavy atom. The summed E-state index contributed by atoms with van der Waals surface area (Å²) in [7, 11) is 0. The van der Waals surface area contributed by atoms with Crippen molar-refractivity contribution in [2.75, 3.05) is 0 Å². The Kier molecular flexibility index (Phi) is 4.91. The molecular weight excluding hydrogens is 124 g/mol. The Hall–Kier alpha value is -0.590. The van der Waals surface area contributed by atoms with Crippen LogP contribution in [0.1, 0.15) is 33.6 Å². The first-order valence-electron chi connectivity index (χ1n) is 3.98. The van der Waals surface area contributed by atoms with Crippen molar-refractivity contribution in [1.29, 1.82) is 0 Å². The van der Waals surface area contributed by atoms with Crippen LogP contribution in [0.15, 0.2) is 12.2 Å². The molecule has 0 aromatic heterocycles. The molecule has 1 aliphatic rings. The lowest BCUT2D eigenvalue weighted by molar-refractivity contribution is -0.115. The molecule has 0 spiro atoms. The van der Waals surface area contributed by atoms with E-state index in [1.807, 2.05) is 19.9 Å². The molecule has 1 rings (SSSR count). The Morgan fingerprint density at radius 2 is 2.10 bits per heavy atom. The fourth-order valence-electron chi connectivity index (χ4n) is 0.927. The highest BCUT2D eigenvalue weighted by Gasteiger charge is 2.08. The summed E-state index contributed by atoms with van der Waals surface area (Å²) >= 11 is 0. The van der Waals surface area contributed by atoms with E-state index >= 15 is 0 Å². The number of hydrogen-bond acceptors (Lipinski definition) is 1. The molecule has 1 atom stereocenters. The molecule has 0 saturated carbocycles. The second-order valence-corrected chi connectivity index (χ2v) is 2.41. The fraction of sp³-hybridized carbons (Fsp3) is 0.667. The molecule has 10 heavy (non-hydrogen) atoms. The predicted molar refractivity (Wildman–Crippen MR) is 43.9 cm³/mol. The molecule has 0 bridgehead atoms. The van der Waals surface area contributed by atoms with Gasteiger partial charge in [-0.3, -0.25) is 4.79 Å². The van der Waals surface area contributed by atoms with E-state index in [-0.39, 0.29) is 5.78 Å². The summed E-state index contributed by atoms with van der Waals surface area (Å²) in [6.45, 7) is 6.10. The third-order valence-corrected chi connectivity index (χ3v) is 1.39. The van der Waals surface area contributed by atoms with Crippen LogP contribution >= 0.6 is 0 Å².